The van der Waals surface area contributed by atoms with Crippen molar-refractivity contribution in [3.05, 3.63) is 0 Å². The molecule has 0 spiro atoms. The summed E-state index contributed by atoms with van der Waals surface area (Å²) in [5.41, 5.74) is 0. The molecule has 0 bridgehead atoms. The lowest BCUT2D eigenvalue weighted by atomic mass is 10.0. The zero-order valence-corrected chi connectivity index (χ0v) is 33.0. The summed E-state index contributed by atoms with van der Waals surface area (Å²) in [6.07, 6.45) is 41.9. The first-order valence-corrected chi connectivity index (χ1v) is 22.8. The second kappa shape index (κ2) is 36.1. The van der Waals surface area contributed by atoms with Crippen molar-refractivity contribution >= 4 is 16.0 Å². The van der Waals surface area contributed by atoms with Gasteiger partial charge in [-0.25, -0.2) is 0 Å². The third-order valence-electron chi connectivity index (χ3n) is 10.1. The molecule has 0 saturated carbocycles. The maximum absolute atomic E-state index is 12.5. The molecule has 0 aromatic carbocycles. The molecule has 0 fully saturated rings. The van der Waals surface area contributed by atoms with E-state index in [1.54, 1.807) is 0 Å². The molecule has 0 aliphatic rings. The predicted molar refractivity (Wildman–Crippen MR) is 207 cm³/mol. The minimum Gasteiger partial charge on any atom is -0.391 e. The lowest BCUT2D eigenvalue weighted by Crippen LogP contribution is -2.47. The summed E-state index contributed by atoms with van der Waals surface area (Å²) in [6.45, 7) is 4.53. The Hall–Kier alpha value is -0.660. The smallest absolute Gasteiger partial charge is 0.266 e. The molecular formula is C41H83NO5S. The van der Waals surface area contributed by atoms with Crippen LogP contribution in [0.25, 0.3) is 0 Å². The highest BCUT2D eigenvalue weighted by Crippen LogP contribution is 2.17. The molecule has 0 radical (unpaired) electrons. The lowest BCUT2D eigenvalue weighted by Gasteiger charge is -2.23. The van der Waals surface area contributed by atoms with Crippen molar-refractivity contribution in [1.82, 2.24) is 5.32 Å². The van der Waals surface area contributed by atoms with E-state index >= 15 is 0 Å². The fourth-order valence-electron chi connectivity index (χ4n) is 6.87. The third-order valence-corrected chi connectivity index (χ3v) is 10.8. The van der Waals surface area contributed by atoms with Gasteiger partial charge in [0.05, 0.1) is 17.9 Å². The van der Waals surface area contributed by atoms with Crippen molar-refractivity contribution in [3.63, 3.8) is 0 Å². The van der Waals surface area contributed by atoms with Gasteiger partial charge in [-0.2, -0.15) is 8.42 Å². The summed E-state index contributed by atoms with van der Waals surface area (Å²) in [6, 6.07) is -0.963. The van der Waals surface area contributed by atoms with E-state index < -0.39 is 28.0 Å². The number of aliphatic hydroxyl groups excluding tert-OH is 1. The van der Waals surface area contributed by atoms with Crippen LogP contribution in [0.1, 0.15) is 239 Å². The van der Waals surface area contributed by atoms with Crippen LogP contribution in [-0.2, 0) is 14.9 Å². The number of unbranched alkanes of at least 4 members (excludes halogenated alkanes) is 31. The number of rotatable bonds is 39. The van der Waals surface area contributed by atoms with Crippen molar-refractivity contribution in [1.29, 1.82) is 0 Å². The van der Waals surface area contributed by atoms with Gasteiger partial charge in [0, 0.05) is 6.42 Å². The fraction of sp³-hybridized carbons (Fsp3) is 0.976. The minimum absolute atomic E-state index is 0.241. The average Bonchev–Trinajstić information content (AvgIpc) is 3.05. The van der Waals surface area contributed by atoms with Gasteiger partial charge in [-0.15, -0.1) is 0 Å². The van der Waals surface area contributed by atoms with E-state index in [2.05, 4.69) is 19.2 Å². The van der Waals surface area contributed by atoms with Crippen molar-refractivity contribution in [2.75, 3.05) is 5.75 Å². The van der Waals surface area contributed by atoms with Gasteiger partial charge in [0.2, 0.25) is 5.91 Å². The van der Waals surface area contributed by atoms with E-state index in [4.69, 9.17) is 0 Å². The summed E-state index contributed by atoms with van der Waals surface area (Å²) in [5, 5.41) is 13.4. The van der Waals surface area contributed by atoms with Gasteiger partial charge in [0.1, 0.15) is 0 Å². The van der Waals surface area contributed by atoms with Crippen LogP contribution in [0.3, 0.4) is 0 Å². The Morgan fingerprint density at radius 1 is 0.479 bits per heavy atom. The Bertz CT molecular complexity index is 775. The van der Waals surface area contributed by atoms with E-state index in [-0.39, 0.29) is 5.91 Å². The number of nitrogens with one attached hydrogen (secondary N) is 1. The molecule has 0 aromatic heterocycles. The predicted octanol–water partition coefficient (Wildman–Crippen LogP) is 12.4. The molecule has 0 aliphatic heterocycles. The van der Waals surface area contributed by atoms with Crippen LogP contribution >= 0.6 is 0 Å². The molecular weight excluding hydrogens is 619 g/mol. The second-order valence-corrected chi connectivity index (χ2v) is 16.5. The Morgan fingerprint density at radius 3 is 1.04 bits per heavy atom. The highest BCUT2D eigenvalue weighted by molar-refractivity contribution is 7.85. The average molecular weight is 702 g/mol. The number of hydrogen-bond acceptors (Lipinski definition) is 4. The SMILES string of the molecule is CCCCCCCCCCCCCCCCCCCCCC(O)C(CS(=O)(=O)O)NC(=O)CCCCCCCCCCCCCCCC. The highest BCUT2D eigenvalue weighted by atomic mass is 32.2. The first kappa shape index (κ1) is 47.3. The van der Waals surface area contributed by atoms with Crippen LogP contribution in [0.15, 0.2) is 0 Å². The maximum atomic E-state index is 12.5. The summed E-state index contributed by atoms with van der Waals surface area (Å²) in [5.74, 6) is -0.882. The molecule has 0 saturated heterocycles. The molecule has 0 rings (SSSR count). The van der Waals surface area contributed by atoms with E-state index in [1.165, 1.54) is 173 Å². The van der Waals surface area contributed by atoms with Gasteiger partial charge in [0.15, 0.2) is 0 Å². The van der Waals surface area contributed by atoms with E-state index in [0.717, 1.165) is 38.5 Å². The van der Waals surface area contributed by atoms with Crippen LogP contribution in [0.2, 0.25) is 0 Å². The number of aliphatic hydroxyl groups is 1. The van der Waals surface area contributed by atoms with Crippen LogP contribution in [-0.4, -0.2) is 41.9 Å². The molecule has 1 amide bonds. The monoisotopic (exact) mass is 702 g/mol. The maximum Gasteiger partial charge on any atom is 0.266 e. The quantitative estimate of drug-likeness (QED) is 0.0437. The topological polar surface area (TPSA) is 104 Å². The first-order chi connectivity index (χ1) is 23.3. The van der Waals surface area contributed by atoms with Crippen molar-refractivity contribution in [2.45, 2.75) is 251 Å². The van der Waals surface area contributed by atoms with Crippen LogP contribution < -0.4 is 5.32 Å². The van der Waals surface area contributed by atoms with E-state index in [9.17, 15) is 22.9 Å². The van der Waals surface area contributed by atoms with Gasteiger partial charge in [-0.1, -0.05) is 219 Å². The highest BCUT2D eigenvalue weighted by Gasteiger charge is 2.26. The van der Waals surface area contributed by atoms with Crippen LogP contribution in [0, 0.1) is 0 Å². The number of amides is 1. The summed E-state index contributed by atoms with van der Waals surface area (Å²) in [4.78, 5) is 12.5. The zero-order chi connectivity index (χ0) is 35.4. The van der Waals surface area contributed by atoms with Gasteiger partial charge in [0.25, 0.3) is 10.1 Å². The number of carbonyl (C=O) groups excluding carboxylic acids is 1. The Labute approximate surface area is 299 Å². The summed E-state index contributed by atoms with van der Waals surface area (Å²) < 4.78 is 32.5. The van der Waals surface area contributed by atoms with Gasteiger partial charge < -0.3 is 10.4 Å². The molecule has 0 aliphatic carbocycles. The molecule has 2 atom stereocenters. The van der Waals surface area contributed by atoms with E-state index in [0.29, 0.717) is 12.8 Å². The molecule has 7 heteroatoms. The third kappa shape index (κ3) is 36.6. The number of carbonyl (C=O) groups is 1. The van der Waals surface area contributed by atoms with Crippen LogP contribution in [0.4, 0.5) is 0 Å². The molecule has 0 heterocycles. The van der Waals surface area contributed by atoms with Gasteiger partial charge >= 0.3 is 0 Å². The fourth-order valence-corrected chi connectivity index (χ4v) is 7.63. The molecule has 288 valence electrons. The molecule has 48 heavy (non-hydrogen) atoms. The van der Waals surface area contributed by atoms with E-state index in [1.807, 2.05) is 0 Å². The standard InChI is InChI=1S/C41H83NO5S/c1-3-5-7-9-11-13-15-17-19-20-21-22-23-24-26-28-30-32-34-36-40(43)39(38-48(45,46)47)42-41(44)37-35-33-31-29-27-25-18-16-14-12-10-8-6-4-2/h39-40,43H,3-38H2,1-2H3,(H,42,44)(H,45,46,47). The lowest BCUT2D eigenvalue weighted by molar-refractivity contribution is -0.122. The van der Waals surface area contributed by atoms with Crippen LogP contribution in [0.5, 0.6) is 0 Å². The Balaban J connectivity index is 3.79. The zero-order valence-electron chi connectivity index (χ0n) is 32.1. The molecule has 2 unspecified atom stereocenters. The van der Waals surface area contributed by atoms with Crippen molar-refractivity contribution in [2.24, 2.45) is 0 Å². The van der Waals surface area contributed by atoms with Crippen molar-refractivity contribution in [3.8, 4) is 0 Å². The molecule has 3 N–H and O–H groups in total. The summed E-state index contributed by atoms with van der Waals surface area (Å²) >= 11 is 0. The normalized spacial score (nSPS) is 13.2. The summed E-state index contributed by atoms with van der Waals surface area (Å²) in [7, 11) is -4.30. The van der Waals surface area contributed by atoms with Gasteiger partial charge in [-0.3, -0.25) is 9.35 Å². The van der Waals surface area contributed by atoms with Gasteiger partial charge in [-0.05, 0) is 12.8 Å². The minimum atomic E-state index is -4.30. The Kier molecular flexibility index (Phi) is 35.6. The Morgan fingerprint density at radius 2 is 0.750 bits per heavy atom. The largest absolute Gasteiger partial charge is 0.391 e. The van der Waals surface area contributed by atoms with Crippen molar-refractivity contribution < 1.29 is 22.9 Å². The second-order valence-electron chi connectivity index (χ2n) is 15.0. The molecule has 0 aromatic rings. The molecule has 6 nitrogen and oxygen atoms in total. The number of hydrogen-bond donors (Lipinski definition) is 3. The first-order valence-electron chi connectivity index (χ1n) is 21.2.